The fourth-order valence-corrected chi connectivity index (χ4v) is 3.25. The first kappa shape index (κ1) is 12.9. The van der Waals surface area contributed by atoms with Crippen LogP contribution in [0.15, 0.2) is 0 Å². The van der Waals surface area contributed by atoms with Crippen molar-refractivity contribution in [2.75, 3.05) is 26.7 Å². The predicted octanol–water partition coefficient (Wildman–Crippen LogP) is 1.17. The van der Waals surface area contributed by atoms with E-state index in [1.54, 1.807) is 0 Å². The van der Waals surface area contributed by atoms with E-state index in [0.717, 1.165) is 19.5 Å². The molecule has 0 aliphatic carbocycles. The van der Waals surface area contributed by atoms with E-state index in [2.05, 4.69) is 44.5 Å². The lowest BCUT2D eigenvalue weighted by Gasteiger charge is -2.53. The molecule has 1 N–H and O–H groups in total. The second-order valence-corrected chi connectivity index (χ2v) is 5.68. The number of piperazine rings is 1. The number of hydrogen-bond donors (Lipinski definition) is 1. The van der Waals surface area contributed by atoms with Crippen LogP contribution >= 0.6 is 0 Å². The van der Waals surface area contributed by atoms with Crippen molar-refractivity contribution in [2.24, 2.45) is 0 Å². The maximum absolute atomic E-state index is 9.13. The van der Waals surface area contributed by atoms with Crippen molar-refractivity contribution in [1.29, 1.82) is 0 Å². The molecule has 15 heavy (non-hydrogen) atoms. The predicted molar refractivity (Wildman–Crippen MR) is 64.0 cm³/mol. The zero-order chi connectivity index (χ0) is 11.6. The van der Waals surface area contributed by atoms with Gasteiger partial charge >= 0.3 is 0 Å². The van der Waals surface area contributed by atoms with Crippen LogP contribution in [0.4, 0.5) is 0 Å². The van der Waals surface area contributed by atoms with Crippen molar-refractivity contribution in [3.63, 3.8) is 0 Å². The van der Waals surface area contributed by atoms with Crippen molar-refractivity contribution in [3.05, 3.63) is 0 Å². The lowest BCUT2D eigenvalue weighted by molar-refractivity contribution is -0.0444. The second-order valence-electron chi connectivity index (χ2n) is 5.68. The van der Waals surface area contributed by atoms with Crippen LogP contribution < -0.4 is 0 Å². The first-order chi connectivity index (χ1) is 6.88. The molecule has 0 saturated carbocycles. The van der Waals surface area contributed by atoms with Crippen LogP contribution in [0.3, 0.4) is 0 Å². The van der Waals surface area contributed by atoms with E-state index < -0.39 is 0 Å². The van der Waals surface area contributed by atoms with Gasteiger partial charge in [0.2, 0.25) is 0 Å². The first-order valence-corrected chi connectivity index (χ1v) is 5.96. The summed E-state index contributed by atoms with van der Waals surface area (Å²) in [4.78, 5) is 4.93. The van der Waals surface area contributed by atoms with E-state index in [0.29, 0.717) is 12.1 Å². The minimum absolute atomic E-state index is 0.209. The monoisotopic (exact) mass is 214 g/mol. The van der Waals surface area contributed by atoms with Crippen molar-refractivity contribution in [3.8, 4) is 0 Å². The van der Waals surface area contributed by atoms with Gasteiger partial charge in [-0.25, -0.2) is 0 Å². The third-order valence-corrected chi connectivity index (χ3v) is 3.29. The van der Waals surface area contributed by atoms with Gasteiger partial charge in [0.05, 0.1) is 0 Å². The molecule has 3 nitrogen and oxygen atoms in total. The lowest BCUT2D eigenvalue weighted by atomic mass is 9.92. The van der Waals surface area contributed by atoms with Crippen LogP contribution in [0.2, 0.25) is 0 Å². The maximum atomic E-state index is 9.13. The lowest BCUT2D eigenvalue weighted by Crippen LogP contribution is -2.65. The van der Waals surface area contributed by atoms with Gasteiger partial charge in [0.25, 0.3) is 0 Å². The van der Waals surface area contributed by atoms with Crippen molar-refractivity contribution < 1.29 is 5.11 Å². The van der Waals surface area contributed by atoms with Gasteiger partial charge in [-0.3, -0.25) is 4.90 Å². The summed E-state index contributed by atoms with van der Waals surface area (Å²) in [6.07, 6.45) is 0.881. The average Bonchev–Trinajstić information content (AvgIpc) is 1.99. The van der Waals surface area contributed by atoms with Gasteiger partial charge < -0.3 is 10.0 Å². The van der Waals surface area contributed by atoms with Crippen molar-refractivity contribution >= 4 is 0 Å². The Kier molecular flexibility index (Phi) is 4.15. The van der Waals surface area contributed by atoms with Gasteiger partial charge in [0.1, 0.15) is 0 Å². The Morgan fingerprint density at radius 1 is 1.40 bits per heavy atom. The molecule has 1 aliphatic heterocycles. The molecule has 0 aromatic carbocycles. The summed E-state index contributed by atoms with van der Waals surface area (Å²) < 4.78 is 0. The average molecular weight is 214 g/mol. The van der Waals surface area contributed by atoms with Crippen LogP contribution in [0.25, 0.3) is 0 Å². The molecule has 0 amide bonds. The minimum Gasteiger partial charge on any atom is -0.396 e. The number of rotatable bonds is 3. The van der Waals surface area contributed by atoms with Gasteiger partial charge in [-0.05, 0) is 41.2 Å². The quantitative estimate of drug-likeness (QED) is 0.764. The molecule has 0 aromatic rings. The normalized spacial score (nSPS) is 28.6. The van der Waals surface area contributed by atoms with Gasteiger partial charge in [-0.1, -0.05) is 0 Å². The Morgan fingerprint density at radius 2 is 2.00 bits per heavy atom. The second kappa shape index (κ2) is 4.81. The molecule has 1 unspecified atom stereocenters. The molecular weight excluding hydrogens is 188 g/mol. The van der Waals surface area contributed by atoms with Gasteiger partial charge in [-0.15, -0.1) is 0 Å². The Bertz CT molecular complexity index is 204. The largest absolute Gasteiger partial charge is 0.396 e. The highest BCUT2D eigenvalue weighted by Crippen LogP contribution is 2.28. The van der Waals surface area contributed by atoms with E-state index in [1.165, 1.54) is 0 Å². The van der Waals surface area contributed by atoms with E-state index in [4.69, 9.17) is 5.11 Å². The third kappa shape index (κ3) is 2.92. The highest BCUT2D eigenvalue weighted by atomic mass is 16.3. The Hall–Kier alpha value is -0.120. The summed E-state index contributed by atoms with van der Waals surface area (Å²) in [6, 6.07) is 1.04. The maximum Gasteiger partial charge on any atom is 0.0446 e. The number of aliphatic hydroxyl groups is 1. The molecule has 1 saturated heterocycles. The molecule has 0 radical (unpaired) electrons. The Morgan fingerprint density at radius 3 is 2.47 bits per heavy atom. The SMILES string of the molecule is CC(C)N1C(CCO)CN(C)CC1(C)C. The van der Waals surface area contributed by atoms with Crippen LogP contribution in [0.1, 0.15) is 34.1 Å². The summed E-state index contributed by atoms with van der Waals surface area (Å²) >= 11 is 0. The van der Waals surface area contributed by atoms with Gasteiger partial charge in [0.15, 0.2) is 0 Å². The fraction of sp³-hybridized carbons (Fsp3) is 1.00. The topological polar surface area (TPSA) is 26.7 Å². The Balaban J connectivity index is 2.82. The van der Waals surface area contributed by atoms with E-state index in [1.807, 2.05) is 0 Å². The van der Waals surface area contributed by atoms with E-state index >= 15 is 0 Å². The number of hydrogen-bond acceptors (Lipinski definition) is 3. The van der Waals surface area contributed by atoms with Gasteiger partial charge in [0, 0.05) is 37.3 Å². The third-order valence-electron chi connectivity index (χ3n) is 3.29. The smallest absolute Gasteiger partial charge is 0.0446 e. The molecule has 0 spiro atoms. The van der Waals surface area contributed by atoms with Crippen LogP contribution in [0, 0.1) is 0 Å². The molecule has 1 heterocycles. The highest BCUT2D eigenvalue weighted by molar-refractivity contribution is 4.96. The molecule has 1 aliphatic rings. The summed E-state index contributed by atoms with van der Waals surface area (Å²) in [7, 11) is 2.17. The number of nitrogens with zero attached hydrogens (tertiary/aromatic N) is 2. The summed E-state index contributed by atoms with van der Waals surface area (Å²) in [5, 5.41) is 9.13. The van der Waals surface area contributed by atoms with Crippen molar-refractivity contribution in [1.82, 2.24) is 9.80 Å². The first-order valence-electron chi connectivity index (χ1n) is 5.96. The minimum atomic E-state index is 0.209. The summed E-state index contributed by atoms with van der Waals surface area (Å²) in [6.45, 7) is 11.6. The highest BCUT2D eigenvalue weighted by Gasteiger charge is 2.39. The molecule has 0 aromatic heterocycles. The van der Waals surface area contributed by atoms with E-state index in [-0.39, 0.29) is 12.1 Å². The zero-order valence-electron chi connectivity index (χ0n) is 10.8. The molecule has 1 rings (SSSR count). The van der Waals surface area contributed by atoms with Crippen LogP contribution in [-0.2, 0) is 0 Å². The summed E-state index contributed by atoms with van der Waals surface area (Å²) in [5.74, 6) is 0. The van der Waals surface area contributed by atoms with Crippen LogP contribution in [0.5, 0.6) is 0 Å². The van der Waals surface area contributed by atoms with E-state index in [9.17, 15) is 0 Å². The molecule has 90 valence electrons. The molecule has 0 bridgehead atoms. The van der Waals surface area contributed by atoms with Crippen LogP contribution in [-0.4, -0.2) is 59.3 Å². The Labute approximate surface area is 94.1 Å². The molecule has 1 atom stereocenters. The molecule has 1 fully saturated rings. The standard InChI is InChI=1S/C12H26N2O/c1-10(2)14-11(6-7-15)8-13(5)9-12(14,3)4/h10-11,15H,6-9H2,1-5H3. The van der Waals surface area contributed by atoms with Crippen molar-refractivity contribution in [2.45, 2.75) is 51.7 Å². The summed E-state index contributed by atoms with van der Waals surface area (Å²) in [5.41, 5.74) is 0.209. The molecular formula is C12H26N2O. The molecule has 3 heteroatoms. The fourth-order valence-electron chi connectivity index (χ4n) is 3.25. The number of likely N-dealkylation sites (N-methyl/N-ethyl adjacent to an activating group) is 1. The number of aliphatic hydroxyl groups excluding tert-OH is 1. The zero-order valence-corrected chi connectivity index (χ0v) is 10.8. The van der Waals surface area contributed by atoms with Gasteiger partial charge in [-0.2, -0.15) is 0 Å².